The number of primary amides is 1. The van der Waals surface area contributed by atoms with Gasteiger partial charge >= 0.3 is 0 Å². The molecule has 1 aromatic carbocycles. The van der Waals surface area contributed by atoms with Gasteiger partial charge in [0, 0.05) is 5.56 Å². The molecule has 3 rings (SSSR count). The maximum absolute atomic E-state index is 10.9. The molecule has 2 heteroatoms. The zero-order valence-electron chi connectivity index (χ0n) is 13.3. The van der Waals surface area contributed by atoms with E-state index >= 15 is 0 Å². The SMILES string of the molecule is CC1CCC1.NC(=O)c1ccc(CCCC2CCC2)cc1. The molecule has 0 aliphatic heterocycles. The van der Waals surface area contributed by atoms with E-state index in [4.69, 9.17) is 5.73 Å². The van der Waals surface area contributed by atoms with E-state index in [0.717, 1.165) is 18.3 Å². The molecule has 0 radical (unpaired) electrons. The number of hydrogen-bond donors (Lipinski definition) is 1. The molecule has 2 nitrogen and oxygen atoms in total. The van der Waals surface area contributed by atoms with Crippen LogP contribution in [0.2, 0.25) is 0 Å². The van der Waals surface area contributed by atoms with Crippen molar-refractivity contribution in [3.63, 3.8) is 0 Å². The zero-order chi connectivity index (χ0) is 15.1. The Morgan fingerprint density at radius 1 is 1.10 bits per heavy atom. The van der Waals surface area contributed by atoms with Crippen molar-refractivity contribution < 1.29 is 4.79 Å². The lowest BCUT2D eigenvalue weighted by atomic mass is 9.81. The van der Waals surface area contributed by atoms with Crippen molar-refractivity contribution in [3.8, 4) is 0 Å². The van der Waals surface area contributed by atoms with Crippen LogP contribution in [-0.4, -0.2) is 5.91 Å². The molecule has 2 fully saturated rings. The van der Waals surface area contributed by atoms with E-state index in [1.165, 1.54) is 56.9 Å². The third-order valence-corrected chi connectivity index (χ3v) is 4.93. The fourth-order valence-corrected chi connectivity index (χ4v) is 2.82. The van der Waals surface area contributed by atoms with Gasteiger partial charge in [0.1, 0.15) is 0 Å². The summed E-state index contributed by atoms with van der Waals surface area (Å²) in [5.74, 6) is 1.71. The van der Waals surface area contributed by atoms with Gasteiger partial charge in [-0.25, -0.2) is 0 Å². The second-order valence-electron chi connectivity index (χ2n) is 6.79. The van der Waals surface area contributed by atoms with Gasteiger partial charge in [-0.2, -0.15) is 0 Å². The van der Waals surface area contributed by atoms with Crippen molar-refractivity contribution in [3.05, 3.63) is 35.4 Å². The van der Waals surface area contributed by atoms with Crippen LogP contribution in [0.1, 0.15) is 74.2 Å². The Labute approximate surface area is 129 Å². The number of aryl methyl sites for hydroxylation is 1. The summed E-state index contributed by atoms with van der Waals surface area (Å²) in [5.41, 5.74) is 7.10. The zero-order valence-corrected chi connectivity index (χ0v) is 13.3. The highest BCUT2D eigenvalue weighted by Crippen LogP contribution is 2.30. The molecule has 0 heterocycles. The maximum atomic E-state index is 10.9. The van der Waals surface area contributed by atoms with Crippen LogP contribution in [0.5, 0.6) is 0 Å². The number of benzene rings is 1. The predicted molar refractivity (Wildman–Crippen MR) is 88.3 cm³/mol. The number of hydrogen-bond acceptors (Lipinski definition) is 1. The Kier molecular flexibility index (Phi) is 6.28. The van der Waals surface area contributed by atoms with Crippen molar-refractivity contribution in [1.29, 1.82) is 0 Å². The van der Waals surface area contributed by atoms with Crippen molar-refractivity contribution in [2.45, 2.75) is 64.7 Å². The second kappa shape index (κ2) is 8.21. The first kappa shape index (κ1) is 16.1. The molecule has 0 unspecified atom stereocenters. The van der Waals surface area contributed by atoms with Gasteiger partial charge in [-0.05, 0) is 42.4 Å². The first-order chi connectivity index (χ1) is 10.1. The fourth-order valence-electron chi connectivity index (χ4n) is 2.82. The summed E-state index contributed by atoms with van der Waals surface area (Å²) in [6.07, 6.45) is 12.5. The van der Waals surface area contributed by atoms with E-state index in [0.29, 0.717) is 5.56 Å². The first-order valence-corrected chi connectivity index (χ1v) is 8.54. The molecule has 116 valence electrons. The number of rotatable bonds is 5. The van der Waals surface area contributed by atoms with Crippen molar-refractivity contribution in [2.75, 3.05) is 0 Å². The molecule has 2 aliphatic rings. The van der Waals surface area contributed by atoms with Gasteiger partial charge in [0.05, 0.1) is 0 Å². The minimum Gasteiger partial charge on any atom is -0.366 e. The Morgan fingerprint density at radius 3 is 2.05 bits per heavy atom. The molecule has 0 spiro atoms. The van der Waals surface area contributed by atoms with Crippen molar-refractivity contribution in [2.24, 2.45) is 17.6 Å². The van der Waals surface area contributed by atoms with E-state index < -0.39 is 0 Å². The Balaban J connectivity index is 0.000000272. The lowest BCUT2D eigenvalue weighted by molar-refractivity contribution is 0.100. The van der Waals surface area contributed by atoms with Gasteiger partial charge in [0.2, 0.25) is 5.91 Å². The van der Waals surface area contributed by atoms with Crippen LogP contribution in [0.25, 0.3) is 0 Å². The minimum atomic E-state index is -0.346. The third-order valence-electron chi connectivity index (χ3n) is 4.93. The molecule has 2 saturated carbocycles. The fraction of sp³-hybridized carbons (Fsp3) is 0.632. The molecule has 0 bridgehead atoms. The molecular formula is C19H29NO. The Hall–Kier alpha value is -1.31. The molecule has 21 heavy (non-hydrogen) atoms. The molecule has 2 N–H and O–H groups in total. The summed E-state index contributed by atoms with van der Waals surface area (Å²) in [6.45, 7) is 2.31. The van der Waals surface area contributed by atoms with Crippen LogP contribution in [0.3, 0.4) is 0 Å². The van der Waals surface area contributed by atoms with Gasteiger partial charge in [-0.1, -0.05) is 64.0 Å². The monoisotopic (exact) mass is 287 g/mol. The molecule has 1 aromatic rings. The van der Waals surface area contributed by atoms with Gasteiger partial charge in [0.25, 0.3) is 0 Å². The highest BCUT2D eigenvalue weighted by Gasteiger charge is 2.16. The van der Waals surface area contributed by atoms with Crippen molar-refractivity contribution >= 4 is 5.91 Å². The van der Waals surface area contributed by atoms with E-state index in [-0.39, 0.29) is 5.91 Å². The van der Waals surface area contributed by atoms with Crippen LogP contribution in [-0.2, 0) is 6.42 Å². The number of carbonyl (C=O) groups is 1. The molecule has 0 aromatic heterocycles. The summed E-state index contributed by atoms with van der Waals surface area (Å²) in [6, 6.07) is 7.67. The van der Waals surface area contributed by atoms with E-state index in [9.17, 15) is 4.79 Å². The van der Waals surface area contributed by atoms with Gasteiger partial charge in [0.15, 0.2) is 0 Å². The Bertz CT molecular complexity index is 429. The van der Waals surface area contributed by atoms with Crippen molar-refractivity contribution in [1.82, 2.24) is 0 Å². The second-order valence-corrected chi connectivity index (χ2v) is 6.79. The van der Waals surface area contributed by atoms with E-state index in [1.807, 2.05) is 24.3 Å². The number of carbonyl (C=O) groups excluding carboxylic acids is 1. The van der Waals surface area contributed by atoms with Gasteiger partial charge < -0.3 is 5.73 Å². The lowest BCUT2D eigenvalue weighted by Gasteiger charge is -2.24. The molecule has 0 saturated heterocycles. The Morgan fingerprint density at radius 2 is 1.67 bits per heavy atom. The standard InChI is InChI=1S/C14H19NO.C5H10/c15-14(16)13-9-7-12(8-10-13)6-2-5-11-3-1-4-11;1-5-3-2-4-5/h7-11H,1-6H2,(H2,15,16);5H,2-4H2,1H3. The van der Waals surface area contributed by atoms with Crippen LogP contribution in [0.15, 0.2) is 24.3 Å². The van der Waals surface area contributed by atoms with Gasteiger partial charge in [-0.3, -0.25) is 4.79 Å². The van der Waals surface area contributed by atoms with Gasteiger partial charge in [-0.15, -0.1) is 0 Å². The summed E-state index contributed by atoms with van der Waals surface area (Å²) < 4.78 is 0. The van der Waals surface area contributed by atoms with Crippen LogP contribution in [0.4, 0.5) is 0 Å². The summed E-state index contributed by atoms with van der Waals surface area (Å²) in [7, 11) is 0. The normalized spacial score (nSPS) is 18.1. The molecular weight excluding hydrogens is 258 g/mol. The summed E-state index contributed by atoms with van der Waals surface area (Å²) in [5, 5.41) is 0. The smallest absolute Gasteiger partial charge is 0.248 e. The van der Waals surface area contributed by atoms with Crippen LogP contribution < -0.4 is 5.73 Å². The van der Waals surface area contributed by atoms with E-state index in [1.54, 1.807) is 0 Å². The predicted octanol–water partition coefficient (Wildman–Crippen LogP) is 4.71. The van der Waals surface area contributed by atoms with Crippen LogP contribution in [0, 0.1) is 11.8 Å². The highest BCUT2D eigenvalue weighted by molar-refractivity contribution is 5.92. The summed E-state index contributed by atoms with van der Waals surface area (Å²) >= 11 is 0. The molecule has 0 atom stereocenters. The minimum absolute atomic E-state index is 0.346. The van der Waals surface area contributed by atoms with Crippen LogP contribution >= 0.6 is 0 Å². The van der Waals surface area contributed by atoms with E-state index in [2.05, 4.69) is 6.92 Å². The lowest BCUT2D eigenvalue weighted by Crippen LogP contribution is -2.11. The molecule has 2 aliphatic carbocycles. The quantitative estimate of drug-likeness (QED) is 0.837. The third kappa shape index (κ3) is 5.53. The largest absolute Gasteiger partial charge is 0.366 e. The highest BCUT2D eigenvalue weighted by atomic mass is 16.1. The average molecular weight is 287 g/mol. The number of amides is 1. The maximum Gasteiger partial charge on any atom is 0.248 e. The topological polar surface area (TPSA) is 43.1 Å². The average Bonchev–Trinajstić information content (AvgIpc) is 2.40. The summed E-state index contributed by atoms with van der Waals surface area (Å²) in [4.78, 5) is 10.9. The molecule has 1 amide bonds. The number of nitrogens with two attached hydrogens (primary N) is 1. The first-order valence-electron chi connectivity index (χ1n) is 8.54.